The van der Waals surface area contributed by atoms with E-state index in [-0.39, 0.29) is 11.4 Å². The lowest BCUT2D eigenvalue weighted by Gasteiger charge is -2.48. The van der Waals surface area contributed by atoms with Crippen molar-refractivity contribution in [1.29, 1.82) is 0 Å². The lowest BCUT2D eigenvalue weighted by atomic mass is 9.79. The fourth-order valence-corrected chi connectivity index (χ4v) is 4.43. The second kappa shape index (κ2) is 8.83. The molecule has 24 heavy (non-hydrogen) atoms. The van der Waals surface area contributed by atoms with E-state index >= 15 is 0 Å². The second-order valence-corrected chi connectivity index (χ2v) is 7.61. The van der Waals surface area contributed by atoms with Crippen LogP contribution in [0.25, 0.3) is 0 Å². The molecule has 132 valence electrons. The van der Waals surface area contributed by atoms with Crippen LogP contribution in [-0.4, -0.2) is 59.9 Å². The van der Waals surface area contributed by atoms with Crippen molar-refractivity contribution < 1.29 is 9.53 Å². The summed E-state index contributed by atoms with van der Waals surface area (Å²) in [5.74, 6) is 0.528. The molecule has 1 N–H and O–H groups in total. The smallest absolute Gasteiger partial charge is 0.230 e. The Morgan fingerprint density at radius 2 is 2.04 bits per heavy atom. The number of pyridine rings is 1. The number of ether oxygens (including phenoxy) is 1. The summed E-state index contributed by atoms with van der Waals surface area (Å²) in [6.07, 6.45) is 7.96. The number of morpholine rings is 1. The van der Waals surface area contributed by atoms with E-state index in [1.807, 2.05) is 18.2 Å². The summed E-state index contributed by atoms with van der Waals surface area (Å²) in [5.41, 5.74) is 0.132. The predicted molar refractivity (Wildman–Crippen MR) is 96.2 cm³/mol. The largest absolute Gasteiger partial charge is 0.379 e. The van der Waals surface area contributed by atoms with E-state index in [0.717, 1.165) is 37.9 Å². The molecule has 0 bridgehead atoms. The Bertz CT molecular complexity index is 514. The summed E-state index contributed by atoms with van der Waals surface area (Å²) in [7, 11) is 0. The van der Waals surface area contributed by atoms with Crippen molar-refractivity contribution in [2.24, 2.45) is 0 Å². The number of nitrogens with zero attached hydrogens (tertiary/aromatic N) is 2. The first-order valence-electron chi connectivity index (χ1n) is 8.92. The SMILES string of the molecule is O=C(CSc1ccccn1)NCC1(N2CCOCC2)CCCCC1. The molecule has 0 atom stereocenters. The van der Waals surface area contributed by atoms with Crippen molar-refractivity contribution in [1.82, 2.24) is 15.2 Å². The minimum Gasteiger partial charge on any atom is -0.379 e. The number of rotatable bonds is 6. The van der Waals surface area contributed by atoms with Gasteiger partial charge in [-0.25, -0.2) is 4.98 Å². The molecule has 1 aromatic heterocycles. The molecular weight excluding hydrogens is 322 g/mol. The van der Waals surface area contributed by atoms with Crippen LogP contribution in [0, 0.1) is 0 Å². The zero-order valence-electron chi connectivity index (χ0n) is 14.2. The molecule has 6 heteroatoms. The van der Waals surface area contributed by atoms with Gasteiger partial charge < -0.3 is 10.1 Å². The van der Waals surface area contributed by atoms with E-state index < -0.39 is 0 Å². The second-order valence-electron chi connectivity index (χ2n) is 6.62. The van der Waals surface area contributed by atoms with Gasteiger partial charge in [-0.2, -0.15) is 0 Å². The van der Waals surface area contributed by atoms with Gasteiger partial charge >= 0.3 is 0 Å². The minimum absolute atomic E-state index is 0.101. The zero-order valence-corrected chi connectivity index (χ0v) is 15.0. The quantitative estimate of drug-likeness (QED) is 0.799. The van der Waals surface area contributed by atoms with Gasteiger partial charge in [0.05, 0.1) is 24.0 Å². The average Bonchev–Trinajstić information content (AvgIpc) is 2.67. The minimum atomic E-state index is 0.101. The monoisotopic (exact) mass is 349 g/mol. The topological polar surface area (TPSA) is 54.5 Å². The van der Waals surface area contributed by atoms with Crippen molar-refractivity contribution in [3.8, 4) is 0 Å². The number of aromatic nitrogens is 1. The summed E-state index contributed by atoms with van der Waals surface area (Å²) in [6, 6.07) is 5.77. The molecular formula is C18H27N3O2S. The molecule has 1 aliphatic heterocycles. The normalized spacial score (nSPS) is 21.3. The Morgan fingerprint density at radius 1 is 1.25 bits per heavy atom. The third-order valence-electron chi connectivity index (χ3n) is 5.07. The maximum absolute atomic E-state index is 12.3. The molecule has 3 rings (SSSR count). The molecule has 5 nitrogen and oxygen atoms in total. The number of carbonyl (C=O) groups excluding carboxylic acids is 1. The summed E-state index contributed by atoms with van der Waals surface area (Å²) >= 11 is 1.49. The fraction of sp³-hybridized carbons (Fsp3) is 0.667. The standard InChI is InChI=1S/C18H27N3O2S/c22-16(14-24-17-6-2-5-9-19-17)20-15-18(7-3-1-4-8-18)21-10-12-23-13-11-21/h2,5-6,9H,1,3-4,7-8,10-15H2,(H,20,22). The molecule has 1 saturated heterocycles. The highest BCUT2D eigenvalue weighted by atomic mass is 32.2. The molecule has 0 unspecified atom stereocenters. The molecule has 0 aromatic carbocycles. The van der Waals surface area contributed by atoms with Crippen LogP contribution < -0.4 is 5.32 Å². The summed E-state index contributed by atoms with van der Waals surface area (Å²) in [6.45, 7) is 4.35. The first kappa shape index (κ1) is 17.7. The van der Waals surface area contributed by atoms with Gasteiger partial charge in [0.1, 0.15) is 0 Å². The molecule has 2 heterocycles. The summed E-state index contributed by atoms with van der Waals surface area (Å²) in [4.78, 5) is 19.1. The van der Waals surface area contributed by atoms with Crippen LogP contribution in [0.5, 0.6) is 0 Å². The van der Waals surface area contributed by atoms with Crippen LogP contribution in [0.2, 0.25) is 0 Å². The van der Waals surface area contributed by atoms with Gasteiger partial charge in [0.2, 0.25) is 5.91 Å². The first-order chi connectivity index (χ1) is 11.8. The van der Waals surface area contributed by atoms with Gasteiger partial charge in [-0.05, 0) is 25.0 Å². The van der Waals surface area contributed by atoms with E-state index in [9.17, 15) is 4.79 Å². The van der Waals surface area contributed by atoms with Gasteiger partial charge in [0, 0.05) is 31.4 Å². The van der Waals surface area contributed by atoms with Gasteiger partial charge in [0.15, 0.2) is 0 Å². The van der Waals surface area contributed by atoms with Crippen LogP contribution >= 0.6 is 11.8 Å². The lowest BCUT2D eigenvalue weighted by molar-refractivity contribution is -0.119. The summed E-state index contributed by atoms with van der Waals surface area (Å²) < 4.78 is 5.51. The third kappa shape index (κ3) is 4.71. The van der Waals surface area contributed by atoms with Crippen molar-refractivity contribution >= 4 is 17.7 Å². The molecule has 1 amide bonds. The van der Waals surface area contributed by atoms with Crippen molar-refractivity contribution in [3.63, 3.8) is 0 Å². The van der Waals surface area contributed by atoms with Gasteiger partial charge in [0.25, 0.3) is 0 Å². The maximum atomic E-state index is 12.3. The van der Waals surface area contributed by atoms with E-state index in [1.165, 1.54) is 43.9 Å². The number of hydrogen-bond acceptors (Lipinski definition) is 5. The number of nitrogens with one attached hydrogen (secondary N) is 1. The van der Waals surface area contributed by atoms with Crippen LogP contribution in [-0.2, 0) is 9.53 Å². The zero-order chi connectivity index (χ0) is 16.7. The van der Waals surface area contributed by atoms with Crippen LogP contribution in [0.4, 0.5) is 0 Å². The van der Waals surface area contributed by atoms with Crippen molar-refractivity contribution in [3.05, 3.63) is 24.4 Å². The van der Waals surface area contributed by atoms with E-state index in [0.29, 0.717) is 5.75 Å². The Balaban J connectivity index is 1.52. The molecule has 1 aliphatic carbocycles. The number of amides is 1. The molecule has 2 fully saturated rings. The molecule has 0 radical (unpaired) electrons. The van der Waals surface area contributed by atoms with Gasteiger partial charge in [-0.3, -0.25) is 9.69 Å². The maximum Gasteiger partial charge on any atom is 0.230 e. The average molecular weight is 350 g/mol. The molecule has 1 saturated carbocycles. The number of hydrogen-bond donors (Lipinski definition) is 1. The van der Waals surface area contributed by atoms with Gasteiger partial charge in [-0.1, -0.05) is 37.1 Å². The lowest BCUT2D eigenvalue weighted by Crippen LogP contribution is -2.59. The van der Waals surface area contributed by atoms with Crippen LogP contribution in [0.15, 0.2) is 29.4 Å². The number of carbonyl (C=O) groups is 1. The van der Waals surface area contributed by atoms with E-state index in [1.54, 1.807) is 6.20 Å². The highest BCUT2D eigenvalue weighted by Gasteiger charge is 2.38. The first-order valence-corrected chi connectivity index (χ1v) is 9.90. The molecule has 2 aliphatic rings. The highest BCUT2D eigenvalue weighted by molar-refractivity contribution is 7.99. The molecule has 1 aromatic rings. The molecule has 0 spiro atoms. The van der Waals surface area contributed by atoms with E-state index in [4.69, 9.17) is 4.74 Å². The van der Waals surface area contributed by atoms with Gasteiger partial charge in [-0.15, -0.1) is 0 Å². The Kier molecular flexibility index (Phi) is 6.51. The van der Waals surface area contributed by atoms with E-state index in [2.05, 4.69) is 15.2 Å². The Morgan fingerprint density at radius 3 is 2.75 bits per heavy atom. The third-order valence-corrected chi connectivity index (χ3v) is 6.01. The predicted octanol–water partition coefficient (Wildman–Crippen LogP) is 2.32. The summed E-state index contributed by atoms with van der Waals surface area (Å²) in [5, 5.41) is 4.09. The number of thioether (sulfide) groups is 1. The van der Waals surface area contributed by atoms with Crippen LogP contribution in [0.1, 0.15) is 32.1 Å². The van der Waals surface area contributed by atoms with Crippen molar-refractivity contribution in [2.75, 3.05) is 38.6 Å². The van der Waals surface area contributed by atoms with Crippen LogP contribution in [0.3, 0.4) is 0 Å². The Labute approximate surface area is 148 Å². The van der Waals surface area contributed by atoms with Crippen molar-refractivity contribution in [2.45, 2.75) is 42.7 Å². The Hall–Kier alpha value is -1.11. The highest BCUT2D eigenvalue weighted by Crippen LogP contribution is 2.33. The fourth-order valence-electron chi connectivity index (χ4n) is 3.74.